The third-order valence-corrected chi connectivity index (χ3v) is 2.61. The quantitative estimate of drug-likeness (QED) is 0.755. The van der Waals surface area contributed by atoms with Gasteiger partial charge >= 0.3 is 0 Å². The largest absolute Gasteiger partial charge is 0.493 e. The van der Waals surface area contributed by atoms with Gasteiger partial charge in [0.1, 0.15) is 0 Å². The van der Waals surface area contributed by atoms with Gasteiger partial charge in [-0.1, -0.05) is 13.8 Å². The molecular weight excluding hydrogens is 230 g/mol. The average molecular weight is 251 g/mol. The maximum absolute atomic E-state index is 12.0. The molecule has 0 aliphatic heterocycles. The summed E-state index contributed by atoms with van der Waals surface area (Å²) in [5.41, 5.74) is 0.651. The first-order chi connectivity index (χ1) is 8.58. The van der Waals surface area contributed by atoms with Gasteiger partial charge in [0.2, 0.25) is 0 Å². The van der Waals surface area contributed by atoms with Crippen molar-refractivity contribution in [3.8, 4) is 11.5 Å². The first-order valence-electron chi connectivity index (χ1n) is 6.07. The lowest BCUT2D eigenvalue weighted by Gasteiger charge is -2.10. The fraction of sp³-hybridized carbons (Fsp3) is 0.500. The zero-order valence-corrected chi connectivity index (χ0v) is 11.4. The van der Waals surface area contributed by atoms with Crippen LogP contribution >= 0.6 is 0 Å². The van der Waals surface area contributed by atoms with Crippen LogP contribution in [0.3, 0.4) is 0 Å². The minimum Gasteiger partial charge on any atom is -0.493 e. The highest BCUT2D eigenvalue weighted by Gasteiger charge is 2.10. The molecule has 100 valence electrons. The summed E-state index contributed by atoms with van der Waals surface area (Å²) in [6, 6.07) is 5.63. The van der Waals surface area contributed by atoms with Crippen LogP contribution in [-0.2, 0) is 0 Å². The monoisotopic (exact) mass is 251 g/mol. The van der Waals surface area contributed by atoms with Crippen LogP contribution < -0.4 is 14.8 Å². The predicted molar refractivity (Wildman–Crippen MR) is 71.6 cm³/mol. The van der Waals surface area contributed by atoms with Crippen molar-refractivity contribution >= 4 is 5.78 Å². The second kappa shape index (κ2) is 7.01. The lowest BCUT2D eigenvalue weighted by Crippen LogP contribution is -2.25. The molecule has 4 nitrogen and oxygen atoms in total. The molecule has 18 heavy (non-hydrogen) atoms. The van der Waals surface area contributed by atoms with E-state index in [9.17, 15) is 4.79 Å². The van der Waals surface area contributed by atoms with Crippen molar-refractivity contribution in [3.05, 3.63) is 23.8 Å². The van der Waals surface area contributed by atoms with Gasteiger partial charge in [0.15, 0.2) is 17.3 Å². The highest BCUT2D eigenvalue weighted by atomic mass is 16.5. The summed E-state index contributed by atoms with van der Waals surface area (Å²) in [6.45, 7) is 4.80. The van der Waals surface area contributed by atoms with E-state index in [4.69, 9.17) is 9.47 Å². The Kier molecular flexibility index (Phi) is 5.65. The molecule has 0 heterocycles. The topological polar surface area (TPSA) is 47.6 Å². The van der Waals surface area contributed by atoms with Gasteiger partial charge in [-0.15, -0.1) is 0 Å². The van der Waals surface area contributed by atoms with Gasteiger partial charge in [0.05, 0.1) is 14.2 Å². The van der Waals surface area contributed by atoms with Crippen molar-refractivity contribution < 1.29 is 14.3 Å². The maximum Gasteiger partial charge on any atom is 0.164 e. The highest BCUT2D eigenvalue weighted by Crippen LogP contribution is 2.27. The Bertz CT molecular complexity index is 402. The number of benzene rings is 1. The van der Waals surface area contributed by atoms with E-state index in [0.717, 1.165) is 0 Å². The number of hydrogen-bond acceptors (Lipinski definition) is 4. The third kappa shape index (κ3) is 4.04. The molecular formula is C14H21NO3. The van der Waals surface area contributed by atoms with Gasteiger partial charge in [-0.2, -0.15) is 0 Å². The van der Waals surface area contributed by atoms with E-state index in [1.54, 1.807) is 32.4 Å². The molecule has 1 N–H and O–H groups in total. The second-order valence-corrected chi connectivity index (χ2v) is 4.35. The molecule has 4 heteroatoms. The van der Waals surface area contributed by atoms with E-state index in [-0.39, 0.29) is 5.78 Å². The van der Waals surface area contributed by atoms with Gasteiger partial charge in [0, 0.05) is 24.6 Å². The van der Waals surface area contributed by atoms with Gasteiger partial charge in [-0.05, 0) is 18.2 Å². The molecule has 0 aliphatic carbocycles. The summed E-state index contributed by atoms with van der Waals surface area (Å²) in [5, 5.41) is 3.22. The third-order valence-electron chi connectivity index (χ3n) is 2.61. The molecule has 0 saturated carbocycles. The van der Waals surface area contributed by atoms with Crippen LogP contribution in [0.15, 0.2) is 18.2 Å². The molecule has 0 fully saturated rings. The number of ketones is 1. The minimum atomic E-state index is 0.101. The number of carbonyl (C=O) groups is 1. The van der Waals surface area contributed by atoms with Crippen LogP contribution in [0, 0.1) is 0 Å². The highest BCUT2D eigenvalue weighted by molar-refractivity contribution is 5.96. The summed E-state index contributed by atoms with van der Waals surface area (Å²) < 4.78 is 10.3. The zero-order valence-electron chi connectivity index (χ0n) is 11.4. The maximum atomic E-state index is 12.0. The SMILES string of the molecule is COc1ccc(C(=O)CCNC(C)C)cc1OC. The number of nitrogens with one attached hydrogen (secondary N) is 1. The van der Waals surface area contributed by atoms with Crippen molar-refractivity contribution in [1.29, 1.82) is 0 Å². The first kappa shape index (κ1) is 14.5. The smallest absolute Gasteiger partial charge is 0.164 e. The first-order valence-corrected chi connectivity index (χ1v) is 6.07. The fourth-order valence-corrected chi connectivity index (χ4v) is 1.63. The molecule has 0 radical (unpaired) electrons. The molecule has 1 rings (SSSR count). The van der Waals surface area contributed by atoms with Gasteiger partial charge < -0.3 is 14.8 Å². The molecule has 0 aromatic heterocycles. The van der Waals surface area contributed by atoms with Crippen LogP contribution in [0.1, 0.15) is 30.6 Å². The Hall–Kier alpha value is -1.55. The van der Waals surface area contributed by atoms with Crippen LogP contribution in [0.2, 0.25) is 0 Å². The number of ether oxygens (including phenoxy) is 2. The minimum absolute atomic E-state index is 0.101. The Morgan fingerprint density at radius 3 is 2.44 bits per heavy atom. The van der Waals surface area contributed by atoms with Crippen LogP contribution in [0.5, 0.6) is 11.5 Å². The van der Waals surface area contributed by atoms with E-state index in [1.807, 2.05) is 0 Å². The van der Waals surface area contributed by atoms with E-state index in [1.165, 1.54) is 0 Å². The number of methoxy groups -OCH3 is 2. The molecule has 0 unspecified atom stereocenters. The van der Waals surface area contributed by atoms with Crippen molar-refractivity contribution in [1.82, 2.24) is 5.32 Å². The molecule has 0 bridgehead atoms. The van der Waals surface area contributed by atoms with Crippen molar-refractivity contribution in [2.75, 3.05) is 20.8 Å². The average Bonchev–Trinajstić information content (AvgIpc) is 2.37. The van der Waals surface area contributed by atoms with E-state index in [0.29, 0.717) is 36.1 Å². The molecule has 0 aliphatic rings. The normalized spacial score (nSPS) is 10.5. The molecule has 0 atom stereocenters. The zero-order chi connectivity index (χ0) is 13.5. The van der Waals surface area contributed by atoms with Crippen molar-refractivity contribution in [3.63, 3.8) is 0 Å². The van der Waals surface area contributed by atoms with Crippen molar-refractivity contribution in [2.24, 2.45) is 0 Å². The van der Waals surface area contributed by atoms with E-state index < -0.39 is 0 Å². The lowest BCUT2D eigenvalue weighted by molar-refractivity contribution is 0.0981. The Balaban J connectivity index is 2.68. The predicted octanol–water partition coefficient (Wildman–Crippen LogP) is 2.27. The van der Waals surface area contributed by atoms with Gasteiger partial charge in [-0.25, -0.2) is 0 Å². The Labute approximate surface area is 108 Å². The van der Waals surface area contributed by atoms with E-state index in [2.05, 4.69) is 19.2 Å². The summed E-state index contributed by atoms with van der Waals surface area (Å²) in [5.74, 6) is 1.32. The Morgan fingerprint density at radius 1 is 1.22 bits per heavy atom. The summed E-state index contributed by atoms with van der Waals surface area (Å²) in [7, 11) is 3.14. The standard InChI is InChI=1S/C14H21NO3/c1-10(2)15-8-7-12(16)11-5-6-13(17-3)14(9-11)18-4/h5-6,9-10,15H,7-8H2,1-4H3. The summed E-state index contributed by atoms with van der Waals surface area (Å²) in [6.07, 6.45) is 0.480. The number of carbonyl (C=O) groups excluding carboxylic acids is 1. The van der Waals surface area contributed by atoms with Crippen molar-refractivity contribution in [2.45, 2.75) is 26.3 Å². The van der Waals surface area contributed by atoms with E-state index >= 15 is 0 Å². The van der Waals surface area contributed by atoms with Crippen LogP contribution in [0.4, 0.5) is 0 Å². The molecule has 0 amide bonds. The molecule has 1 aromatic carbocycles. The lowest BCUT2D eigenvalue weighted by atomic mass is 10.1. The summed E-state index contributed by atoms with van der Waals surface area (Å²) >= 11 is 0. The number of hydrogen-bond donors (Lipinski definition) is 1. The van der Waals surface area contributed by atoms with Gasteiger partial charge in [-0.3, -0.25) is 4.79 Å². The molecule has 1 aromatic rings. The molecule has 0 spiro atoms. The summed E-state index contributed by atoms with van der Waals surface area (Å²) in [4.78, 5) is 12.0. The molecule has 0 saturated heterocycles. The number of Topliss-reactive ketones (excluding diaryl/α,β-unsaturated/α-hetero) is 1. The fourth-order valence-electron chi connectivity index (χ4n) is 1.63. The van der Waals surface area contributed by atoms with Crippen LogP contribution in [-0.4, -0.2) is 32.6 Å². The Morgan fingerprint density at radius 2 is 1.89 bits per heavy atom. The second-order valence-electron chi connectivity index (χ2n) is 4.35. The van der Waals surface area contributed by atoms with Gasteiger partial charge in [0.25, 0.3) is 0 Å². The van der Waals surface area contributed by atoms with Crippen LogP contribution in [0.25, 0.3) is 0 Å². The number of rotatable bonds is 7.